The predicted octanol–water partition coefficient (Wildman–Crippen LogP) is 2.39. The molecule has 5 nitrogen and oxygen atoms in total. The number of allylic oxidation sites excluding steroid dienone is 1. The van der Waals surface area contributed by atoms with E-state index >= 15 is 0 Å². The average molecular weight is 303 g/mol. The van der Waals surface area contributed by atoms with Crippen LogP contribution >= 0.6 is 0 Å². The highest BCUT2D eigenvalue weighted by molar-refractivity contribution is 5.74. The lowest BCUT2D eigenvalue weighted by atomic mass is 9.81. The van der Waals surface area contributed by atoms with Gasteiger partial charge in [0.2, 0.25) is 6.08 Å². The van der Waals surface area contributed by atoms with Gasteiger partial charge in [0.15, 0.2) is 0 Å². The molecule has 5 heteroatoms. The summed E-state index contributed by atoms with van der Waals surface area (Å²) in [4.78, 5) is 26.0. The van der Waals surface area contributed by atoms with E-state index in [1.54, 1.807) is 6.08 Å². The van der Waals surface area contributed by atoms with Crippen LogP contribution in [0.4, 0.5) is 4.79 Å². The quantitative estimate of drug-likeness (QED) is 0.465. The fourth-order valence-corrected chi connectivity index (χ4v) is 4.32. The summed E-state index contributed by atoms with van der Waals surface area (Å²) in [7, 11) is 0. The Balaban J connectivity index is 1.37. The van der Waals surface area contributed by atoms with Crippen LogP contribution in [-0.2, 0) is 4.79 Å². The zero-order chi connectivity index (χ0) is 15.4. The van der Waals surface area contributed by atoms with Crippen LogP contribution in [0, 0.1) is 23.7 Å². The highest BCUT2D eigenvalue weighted by atomic mass is 16.2. The predicted molar refractivity (Wildman–Crippen MR) is 84.1 cm³/mol. The number of carbonyl (C=O) groups is 1. The van der Waals surface area contributed by atoms with Gasteiger partial charge in [-0.25, -0.2) is 14.6 Å². The second-order valence-corrected chi connectivity index (χ2v) is 7.07. The number of aliphatic imine (C=N–C) groups is 1. The molecule has 22 heavy (non-hydrogen) atoms. The molecule has 0 aliphatic heterocycles. The van der Waals surface area contributed by atoms with E-state index in [1.165, 1.54) is 6.42 Å². The topological polar surface area (TPSA) is 70.6 Å². The van der Waals surface area contributed by atoms with Crippen LogP contribution in [0.3, 0.4) is 0 Å². The molecule has 2 saturated carbocycles. The number of amides is 2. The minimum Gasteiger partial charge on any atom is -0.338 e. The maximum atomic E-state index is 12.1. The van der Waals surface area contributed by atoms with E-state index in [-0.39, 0.29) is 6.03 Å². The third kappa shape index (κ3) is 3.77. The molecule has 3 aliphatic rings. The number of hydrogen-bond acceptors (Lipinski definition) is 3. The summed E-state index contributed by atoms with van der Waals surface area (Å²) in [5.41, 5.74) is 0. The molecule has 2 N–H and O–H groups in total. The lowest BCUT2D eigenvalue weighted by Gasteiger charge is -2.28. The Morgan fingerprint density at radius 2 is 2.05 bits per heavy atom. The van der Waals surface area contributed by atoms with Crippen molar-refractivity contribution < 1.29 is 9.59 Å². The minimum absolute atomic E-state index is 0.0287. The molecular formula is C17H25N3O2. The number of fused-ring (bicyclic) bond motifs is 2. The summed E-state index contributed by atoms with van der Waals surface area (Å²) in [6.07, 6.45) is 12.9. The van der Waals surface area contributed by atoms with Crippen molar-refractivity contribution in [2.45, 2.75) is 44.6 Å². The SMILES string of the molecule is O=C=NCC1CCCC(CNC(=O)NC2CC3C=CC2C3)C1. The summed E-state index contributed by atoms with van der Waals surface area (Å²) in [5, 5.41) is 6.16. The number of carbonyl (C=O) groups excluding carboxylic acids is 2. The fourth-order valence-electron chi connectivity index (χ4n) is 4.32. The van der Waals surface area contributed by atoms with Crippen molar-refractivity contribution >= 4 is 12.1 Å². The molecule has 120 valence electrons. The molecule has 2 fully saturated rings. The lowest BCUT2D eigenvalue weighted by molar-refractivity contribution is 0.224. The zero-order valence-corrected chi connectivity index (χ0v) is 13.0. The summed E-state index contributed by atoms with van der Waals surface area (Å²) in [6.45, 7) is 1.31. The van der Waals surface area contributed by atoms with Gasteiger partial charge < -0.3 is 10.6 Å². The van der Waals surface area contributed by atoms with E-state index in [1.807, 2.05) is 0 Å². The number of urea groups is 1. The molecule has 5 unspecified atom stereocenters. The summed E-state index contributed by atoms with van der Waals surface area (Å²) >= 11 is 0. The first-order valence-corrected chi connectivity index (χ1v) is 8.51. The van der Waals surface area contributed by atoms with Gasteiger partial charge in [-0.1, -0.05) is 18.6 Å². The number of hydrogen-bond donors (Lipinski definition) is 2. The number of rotatable bonds is 5. The molecule has 0 spiro atoms. The molecular weight excluding hydrogens is 278 g/mol. The van der Waals surface area contributed by atoms with E-state index < -0.39 is 0 Å². The Labute approximate surface area is 131 Å². The highest BCUT2D eigenvalue weighted by Crippen LogP contribution is 2.38. The Morgan fingerprint density at radius 1 is 1.18 bits per heavy atom. The van der Waals surface area contributed by atoms with Gasteiger partial charge in [-0.05, 0) is 55.8 Å². The first kappa shape index (κ1) is 15.3. The van der Waals surface area contributed by atoms with Crippen molar-refractivity contribution in [2.24, 2.45) is 28.7 Å². The Hall–Kier alpha value is -1.61. The average Bonchev–Trinajstić information content (AvgIpc) is 3.14. The lowest BCUT2D eigenvalue weighted by Crippen LogP contribution is -2.45. The Morgan fingerprint density at radius 3 is 2.77 bits per heavy atom. The summed E-state index contributed by atoms with van der Waals surface area (Å²) < 4.78 is 0. The van der Waals surface area contributed by atoms with Crippen LogP contribution in [0.25, 0.3) is 0 Å². The minimum atomic E-state index is -0.0287. The Kier molecular flexibility index (Phi) is 4.94. The third-order valence-corrected chi connectivity index (χ3v) is 5.45. The largest absolute Gasteiger partial charge is 0.338 e. The molecule has 2 bridgehead atoms. The maximum absolute atomic E-state index is 12.1. The molecule has 0 aromatic rings. The van der Waals surface area contributed by atoms with Crippen molar-refractivity contribution in [1.29, 1.82) is 0 Å². The van der Waals surface area contributed by atoms with Gasteiger partial charge >= 0.3 is 6.03 Å². The van der Waals surface area contributed by atoms with Crippen LogP contribution in [-0.4, -0.2) is 31.2 Å². The normalized spacial score (nSPS) is 35.9. The number of nitrogens with zero attached hydrogens (tertiary/aromatic N) is 1. The first-order valence-electron chi connectivity index (χ1n) is 8.51. The summed E-state index contributed by atoms with van der Waals surface area (Å²) in [5.74, 6) is 2.19. The molecule has 3 aliphatic carbocycles. The van der Waals surface area contributed by atoms with Gasteiger partial charge in [0.05, 0.1) is 6.54 Å². The second-order valence-electron chi connectivity index (χ2n) is 7.07. The van der Waals surface area contributed by atoms with Crippen molar-refractivity contribution in [1.82, 2.24) is 10.6 Å². The maximum Gasteiger partial charge on any atom is 0.315 e. The monoisotopic (exact) mass is 303 g/mol. The van der Waals surface area contributed by atoms with E-state index in [4.69, 9.17) is 0 Å². The fraction of sp³-hybridized carbons (Fsp3) is 0.765. The van der Waals surface area contributed by atoms with Gasteiger partial charge in [0, 0.05) is 12.6 Å². The van der Waals surface area contributed by atoms with Crippen molar-refractivity contribution in [3.8, 4) is 0 Å². The molecule has 0 aromatic carbocycles. The van der Waals surface area contributed by atoms with Crippen molar-refractivity contribution in [3.63, 3.8) is 0 Å². The molecule has 3 rings (SSSR count). The summed E-state index contributed by atoms with van der Waals surface area (Å²) in [6, 6.07) is 0.287. The smallest absolute Gasteiger partial charge is 0.315 e. The molecule has 0 heterocycles. The highest BCUT2D eigenvalue weighted by Gasteiger charge is 2.36. The van der Waals surface area contributed by atoms with E-state index in [0.29, 0.717) is 36.3 Å². The molecule has 0 aromatic heterocycles. The van der Waals surface area contributed by atoms with E-state index in [2.05, 4.69) is 27.8 Å². The number of nitrogens with one attached hydrogen (secondary N) is 2. The zero-order valence-electron chi connectivity index (χ0n) is 13.0. The van der Waals surface area contributed by atoms with Crippen LogP contribution in [0.1, 0.15) is 38.5 Å². The van der Waals surface area contributed by atoms with Crippen LogP contribution in [0.2, 0.25) is 0 Å². The molecule has 0 saturated heterocycles. The molecule has 5 atom stereocenters. The second kappa shape index (κ2) is 7.10. The van der Waals surface area contributed by atoms with Crippen molar-refractivity contribution in [3.05, 3.63) is 12.2 Å². The van der Waals surface area contributed by atoms with E-state index in [9.17, 15) is 9.59 Å². The van der Waals surface area contributed by atoms with Gasteiger partial charge in [-0.2, -0.15) is 0 Å². The first-order chi connectivity index (χ1) is 10.7. The van der Waals surface area contributed by atoms with Gasteiger partial charge in [0.25, 0.3) is 0 Å². The van der Waals surface area contributed by atoms with Crippen LogP contribution < -0.4 is 10.6 Å². The molecule has 0 radical (unpaired) electrons. The third-order valence-electron chi connectivity index (χ3n) is 5.45. The standard InChI is InChI=1S/C17H25N3O2/c21-11-18-9-13-2-1-3-14(6-13)10-19-17(22)20-16-8-12-4-5-15(16)7-12/h4-5,12-16H,1-3,6-10H2,(H2,19,20,22). The van der Waals surface area contributed by atoms with Gasteiger partial charge in [-0.3, -0.25) is 0 Å². The van der Waals surface area contributed by atoms with E-state index in [0.717, 1.165) is 38.6 Å². The van der Waals surface area contributed by atoms with Gasteiger partial charge in [-0.15, -0.1) is 0 Å². The van der Waals surface area contributed by atoms with Crippen molar-refractivity contribution in [2.75, 3.05) is 13.1 Å². The number of isocyanates is 1. The molecule has 2 amide bonds. The van der Waals surface area contributed by atoms with Crippen LogP contribution in [0.15, 0.2) is 17.1 Å². The van der Waals surface area contributed by atoms with Crippen LogP contribution in [0.5, 0.6) is 0 Å². The van der Waals surface area contributed by atoms with Gasteiger partial charge in [0.1, 0.15) is 0 Å². The Bertz CT molecular complexity index is 484.